The number of imidazole rings is 1. The number of esters is 2. The Hall–Kier alpha value is -4.32. The minimum atomic E-state index is -5.31. The lowest BCUT2D eigenvalue weighted by Gasteiger charge is -2.16. The van der Waals surface area contributed by atoms with Gasteiger partial charge in [0.15, 0.2) is 5.16 Å². The molecule has 4 aromatic rings. The van der Waals surface area contributed by atoms with E-state index in [1.165, 1.54) is 17.8 Å². The molecule has 0 bridgehead atoms. The average molecular weight is 583 g/mol. The van der Waals surface area contributed by atoms with Crippen LogP contribution in [0.3, 0.4) is 0 Å². The molecule has 0 radical (unpaired) electrons. The maximum Gasteiger partial charge on any atom is 0.491 e. The number of urea groups is 1. The number of anilines is 1. The van der Waals surface area contributed by atoms with Gasteiger partial charge in [0.1, 0.15) is 0 Å². The fourth-order valence-corrected chi connectivity index (χ4v) is 5.29. The third-order valence-corrected chi connectivity index (χ3v) is 7.36. The Morgan fingerprint density at radius 1 is 1.00 bits per heavy atom. The van der Waals surface area contributed by atoms with Crippen LogP contribution in [0.1, 0.15) is 28.8 Å². The van der Waals surface area contributed by atoms with Crippen molar-refractivity contribution in [2.45, 2.75) is 30.7 Å². The molecule has 0 saturated carbocycles. The standard InChI is InChI=1S/C29H25F3N4O4S/c1-41-28-34-23-12-10-20(33-27(39)35-13-5-6-14-35)16-24(23)36(28)17-18-9-11-21(19-7-3-2-4-8-19)22(15-18)25(37)40-26(38)29(30,31)32/h2-4,7-12,15-16H,5-6,13-14,17H2,1H3,(H,33,39). The smallest absolute Gasteiger partial charge is 0.383 e. The highest BCUT2D eigenvalue weighted by Gasteiger charge is 2.42. The summed E-state index contributed by atoms with van der Waals surface area (Å²) in [7, 11) is 0. The van der Waals surface area contributed by atoms with Gasteiger partial charge in [-0.1, -0.05) is 54.2 Å². The van der Waals surface area contributed by atoms with Gasteiger partial charge in [-0.05, 0) is 60.1 Å². The summed E-state index contributed by atoms with van der Waals surface area (Å²) in [5.74, 6) is -3.98. The Kier molecular flexibility index (Phi) is 8.02. The number of alkyl halides is 3. The first-order valence-electron chi connectivity index (χ1n) is 12.8. The average Bonchev–Trinajstić information content (AvgIpc) is 3.62. The molecule has 0 spiro atoms. The molecule has 41 heavy (non-hydrogen) atoms. The van der Waals surface area contributed by atoms with Crippen molar-refractivity contribution in [2.24, 2.45) is 0 Å². The predicted octanol–water partition coefficient (Wildman–Crippen LogP) is 6.35. The van der Waals surface area contributed by atoms with Crippen LogP contribution in [0.5, 0.6) is 0 Å². The molecular weight excluding hydrogens is 557 g/mol. The van der Waals surface area contributed by atoms with Crippen LogP contribution in [0.15, 0.2) is 71.9 Å². The van der Waals surface area contributed by atoms with Crippen LogP contribution >= 0.6 is 11.8 Å². The number of likely N-dealkylation sites (tertiary alicyclic amines) is 1. The molecule has 3 aromatic carbocycles. The molecule has 1 fully saturated rings. The summed E-state index contributed by atoms with van der Waals surface area (Å²) in [6.45, 7) is 1.63. The van der Waals surface area contributed by atoms with Crippen LogP contribution in [0.25, 0.3) is 22.2 Å². The number of rotatable bonds is 6. The second-order valence-corrected chi connectivity index (χ2v) is 10.2. The molecule has 12 heteroatoms. The molecule has 212 valence electrons. The van der Waals surface area contributed by atoms with Crippen molar-refractivity contribution in [1.82, 2.24) is 14.5 Å². The van der Waals surface area contributed by atoms with Gasteiger partial charge < -0.3 is 19.5 Å². The van der Waals surface area contributed by atoms with E-state index >= 15 is 0 Å². The summed E-state index contributed by atoms with van der Waals surface area (Å²) >= 11 is 1.40. The third kappa shape index (κ3) is 6.22. The van der Waals surface area contributed by atoms with E-state index in [9.17, 15) is 27.6 Å². The van der Waals surface area contributed by atoms with E-state index in [4.69, 9.17) is 0 Å². The molecular formula is C29H25F3N4O4S. The number of thioether (sulfide) groups is 1. The molecule has 1 N–H and O–H groups in total. The van der Waals surface area contributed by atoms with Crippen molar-refractivity contribution in [3.8, 4) is 11.1 Å². The molecule has 0 aliphatic carbocycles. The second kappa shape index (κ2) is 11.7. The van der Waals surface area contributed by atoms with Crippen molar-refractivity contribution in [1.29, 1.82) is 0 Å². The molecule has 1 aromatic heterocycles. The number of carbonyl (C=O) groups is 3. The Bertz CT molecular complexity index is 1620. The van der Waals surface area contributed by atoms with Crippen molar-refractivity contribution < 1.29 is 32.3 Å². The number of hydrogen-bond acceptors (Lipinski definition) is 6. The summed E-state index contributed by atoms with van der Waals surface area (Å²) in [4.78, 5) is 43.3. The maximum atomic E-state index is 12.8. The van der Waals surface area contributed by atoms with Crippen molar-refractivity contribution in [3.63, 3.8) is 0 Å². The molecule has 0 unspecified atom stereocenters. The lowest BCUT2D eigenvalue weighted by Crippen LogP contribution is -2.32. The minimum absolute atomic E-state index is 0.175. The molecule has 8 nitrogen and oxygen atoms in total. The largest absolute Gasteiger partial charge is 0.491 e. The zero-order valence-electron chi connectivity index (χ0n) is 21.9. The highest BCUT2D eigenvalue weighted by molar-refractivity contribution is 7.98. The number of ether oxygens (including phenoxy) is 1. The molecule has 2 amide bonds. The Balaban J connectivity index is 1.50. The molecule has 1 aliphatic heterocycles. The Morgan fingerprint density at radius 3 is 2.41 bits per heavy atom. The first-order chi connectivity index (χ1) is 19.6. The Labute approximate surface area is 237 Å². The van der Waals surface area contributed by atoms with Crippen molar-refractivity contribution >= 4 is 46.5 Å². The summed E-state index contributed by atoms with van der Waals surface area (Å²) in [5.41, 5.74) is 3.28. The SMILES string of the molecule is CSc1nc2ccc(NC(=O)N3CCCC3)cc2n1Cc1ccc(-c2ccccc2)c(C(=O)OC(=O)C(F)(F)F)c1. The fraction of sp³-hybridized carbons (Fsp3) is 0.241. The number of fused-ring (bicyclic) bond motifs is 1. The van der Waals surface area contributed by atoms with Gasteiger partial charge in [0.25, 0.3) is 0 Å². The van der Waals surface area contributed by atoms with Gasteiger partial charge in [0.2, 0.25) is 0 Å². The van der Waals surface area contributed by atoms with Gasteiger partial charge in [-0.15, -0.1) is 0 Å². The number of carbonyl (C=O) groups excluding carboxylic acids is 3. The lowest BCUT2D eigenvalue weighted by atomic mass is 9.97. The van der Waals surface area contributed by atoms with Crippen LogP contribution in [0.4, 0.5) is 23.7 Å². The van der Waals surface area contributed by atoms with E-state index in [0.717, 1.165) is 18.4 Å². The number of amides is 2. The zero-order valence-corrected chi connectivity index (χ0v) is 22.7. The van der Waals surface area contributed by atoms with E-state index in [2.05, 4.69) is 15.0 Å². The van der Waals surface area contributed by atoms with E-state index in [1.807, 2.05) is 16.9 Å². The summed E-state index contributed by atoms with van der Waals surface area (Å²) in [6.07, 6.45) is -1.51. The first-order valence-corrected chi connectivity index (χ1v) is 14.0. The van der Waals surface area contributed by atoms with E-state index < -0.39 is 18.1 Å². The first kappa shape index (κ1) is 28.2. The molecule has 5 rings (SSSR count). The summed E-state index contributed by atoms with van der Waals surface area (Å²) < 4.78 is 44.6. The monoisotopic (exact) mass is 582 g/mol. The number of halogens is 3. The number of aromatic nitrogens is 2. The van der Waals surface area contributed by atoms with E-state index in [-0.39, 0.29) is 18.1 Å². The van der Waals surface area contributed by atoms with Crippen LogP contribution in [-0.2, 0) is 16.1 Å². The van der Waals surface area contributed by atoms with Crippen LogP contribution < -0.4 is 5.32 Å². The van der Waals surface area contributed by atoms with Gasteiger partial charge >= 0.3 is 24.1 Å². The Morgan fingerprint density at radius 2 is 1.73 bits per heavy atom. The zero-order chi connectivity index (χ0) is 29.1. The van der Waals surface area contributed by atoms with Crippen LogP contribution in [0.2, 0.25) is 0 Å². The summed E-state index contributed by atoms with van der Waals surface area (Å²) in [6, 6.07) is 18.6. The normalized spacial score (nSPS) is 13.4. The van der Waals surface area contributed by atoms with Crippen molar-refractivity contribution in [3.05, 3.63) is 77.9 Å². The summed E-state index contributed by atoms with van der Waals surface area (Å²) in [5, 5.41) is 3.59. The third-order valence-electron chi connectivity index (χ3n) is 6.69. The van der Waals surface area contributed by atoms with Gasteiger partial charge in [-0.3, -0.25) is 0 Å². The highest BCUT2D eigenvalue weighted by atomic mass is 32.2. The van der Waals surface area contributed by atoms with Gasteiger partial charge in [0.05, 0.1) is 23.1 Å². The molecule has 1 saturated heterocycles. The van der Waals surface area contributed by atoms with Crippen LogP contribution in [0, 0.1) is 0 Å². The minimum Gasteiger partial charge on any atom is -0.383 e. The number of nitrogens with zero attached hydrogens (tertiary/aromatic N) is 3. The predicted molar refractivity (Wildman–Crippen MR) is 149 cm³/mol. The van der Waals surface area contributed by atoms with Gasteiger partial charge in [0, 0.05) is 18.8 Å². The molecule has 2 heterocycles. The van der Waals surface area contributed by atoms with Gasteiger partial charge in [-0.25, -0.2) is 19.4 Å². The second-order valence-electron chi connectivity index (χ2n) is 9.43. The van der Waals surface area contributed by atoms with E-state index in [1.54, 1.807) is 59.5 Å². The number of benzene rings is 3. The molecule has 1 aliphatic rings. The topological polar surface area (TPSA) is 93.5 Å². The fourth-order valence-electron chi connectivity index (χ4n) is 4.72. The van der Waals surface area contributed by atoms with E-state index in [0.29, 0.717) is 46.1 Å². The number of nitrogens with one attached hydrogen (secondary N) is 1. The van der Waals surface area contributed by atoms with Crippen LogP contribution in [-0.4, -0.2) is 57.9 Å². The number of hydrogen-bond donors (Lipinski definition) is 1. The lowest BCUT2D eigenvalue weighted by molar-refractivity contribution is -0.193. The quantitative estimate of drug-likeness (QED) is 0.162. The maximum absolute atomic E-state index is 12.8. The van der Waals surface area contributed by atoms with Crippen molar-refractivity contribution in [2.75, 3.05) is 24.7 Å². The highest BCUT2D eigenvalue weighted by Crippen LogP contribution is 2.30. The van der Waals surface area contributed by atoms with Gasteiger partial charge in [-0.2, -0.15) is 13.2 Å². The molecule has 0 atom stereocenters.